The number of fused-ring (bicyclic) bond motifs is 1. The minimum Gasteiger partial charge on any atom is -0.372 e. The van der Waals surface area contributed by atoms with Gasteiger partial charge < -0.3 is 4.90 Å². The first-order valence-corrected chi connectivity index (χ1v) is 5.15. The maximum absolute atomic E-state index is 2.47. The molecule has 1 heteroatoms. The van der Waals surface area contributed by atoms with Gasteiger partial charge in [-0.25, -0.2) is 0 Å². The molecular formula is C12H17N. The molecule has 0 radical (unpaired) electrons. The van der Waals surface area contributed by atoms with E-state index in [4.69, 9.17) is 0 Å². The van der Waals surface area contributed by atoms with E-state index < -0.39 is 0 Å². The molecule has 0 saturated carbocycles. The fourth-order valence-corrected chi connectivity index (χ4v) is 2.13. The van der Waals surface area contributed by atoms with Crippen molar-refractivity contribution in [3.05, 3.63) is 29.3 Å². The monoisotopic (exact) mass is 175 g/mol. The highest BCUT2D eigenvalue weighted by Gasteiger charge is 2.14. The molecule has 1 aliphatic heterocycles. The number of rotatable bonds is 1. The van der Waals surface area contributed by atoms with Crippen LogP contribution in [0, 0.1) is 6.92 Å². The molecule has 0 fully saturated rings. The van der Waals surface area contributed by atoms with Crippen molar-refractivity contribution in [1.29, 1.82) is 0 Å². The molecule has 0 bridgehead atoms. The summed E-state index contributed by atoms with van der Waals surface area (Å²) < 4.78 is 0. The smallest absolute Gasteiger partial charge is 0.0398 e. The van der Waals surface area contributed by atoms with Crippen LogP contribution >= 0.6 is 0 Å². The van der Waals surface area contributed by atoms with Crippen molar-refractivity contribution >= 4 is 5.69 Å². The van der Waals surface area contributed by atoms with Gasteiger partial charge in [-0.2, -0.15) is 0 Å². The van der Waals surface area contributed by atoms with Gasteiger partial charge in [-0.3, -0.25) is 0 Å². The van der Waals surface area contributed by atoms with Gasteiger partial charge in [-0.15, -0.1) is 0 Å². The van der Waals surface area contributed by atoms with Crippen molar-refractivity contribution in [3.63, 3.8) is 0 Å². The summed E-state index contributed by atoms with van der Waals surface area (Å²) in [6.45, 7) is 6.77. The summed E-state index contributed by atoms with van der Waals surface area (Å²) in [4.78, 5) is 2.47. The second kappa shape index (κ2) is 3.41. The van der Waals surface area contributed by atoms with E-state index in [1.165, 1.54) is 36.2 Å². The average molecular weight is 175 g/mol. The first-order chi connectivity index (χ1) is 6.31. The Balaban J connectivity index is 2.40. The van der Waals surface area contributed by atoms with Crippen molar-refractivity contribution in [2.75, 3.05) is 18.0 Å². The highest BCUT2D eigenvalue weighted by atomic mass is 15.1. The lowest BCUT2D eigenvalue weighted by molar-refractivity contribution is 0.707. The Morgan fingerprint density at radius 2 is 2.23 bits per heavy atom. The summed E-state index contributed by atoms with van der Waals surface area (Å²) in [5.74, 6) is 0. The van der Waals surface area contributed by atoms with Crippen LogP contribution in [0.5, 0.6) is 0 Å². The zero-order valence-electron chi connectivity index (χ0n) is 8.51. The molecule has 13 heavy (non-hydrogen) atoms. The van der Waals surface area contributed by atoms with Crippen LogP contribution in [0.15, 0.2) is 18.2 Å². The summed E-state index contributed by atoms with van der Waals surface area (Å²) in [5.41, 5.74) is 4.38. The molecule has 0 saturated heterocycles. The predicted octanol–water partition coefficient (Wildman–Crippen LogP) is 2.77. The van der Waals surface area contributed by atoms with Crippen LogP contribution in [0.4, 0.5) is 5.69 Å². The molecule has 0 amide bonds. The van der Waals surface area contributed by atoms with Gasteiger partial charge in [-0.1, -0.05) is 17.7 Å². The predicted molar refractivity (Wildman–Crippen MR) is 57.4 cm³/mol. The highest BCUT2D eigenvalue weighted by Crippen LogP contribution is 2.27. The van der Waals surface area contributed by atoms with E-state index in [1.54, 1.807) is 0 Å². The van der Waals surface area contributed by atoms with E-state index in [1.807, 2.05) is 0 Å². The largest absolute Gasteiger partial charge is 0.372 e. The Hall–Kier alpha value is -0.980. The quantitative estimate of drug-likeness (QED) is 0.634. The summed E-state index contributed by atoms with van der Waals surface area (Å²) in [5, 5.41) is 0. The number of aryl methyl sites for hydroxylation is 2. The van der Waals surface area contributed by atoms with Crippen molar-refractivity contribution in [2.24, 2.45) is 0 Å². The van der Waals surface area contributed by atoms with Crippen molar-refractivity contribution in [3.8, 4) is 0 Å². The van der Waals surface area contributed by atoms with Crippen molar-refractivity contribution < 1.29 is 0 Å². The fraction of sp³-hybridized carbons (Fsp3) is 0.500. The van der Waals surface area contributed by atoms with Crippen LogP contribution in [0.25, 0.3) is 0 Å². The summed E-state index contributed by atoms with van der Waals surface area (Å²) in [6, 6.07) is 6.82. The molecular weight excluding hydrogens is 158 g/mol. The third kappa shape index (κ3) is 1.55. The van der Waals surface area contributed by atoms with Crippen LogP contribution in [-0.4, -0.2) is 13.1 Å². The van der Waals surface area contributed by atoms with Gasteiger partial charge in [0.2, 0.25) is 0 Å². The van der Waals surface area contributed by atoms with E-state index in [9.17, 15) is 0 Å². The van der Waals surface area contributed by atoms with Gasteiger partial charge in [0.25, 0.3) is 0 Å². The average Bonchev–Trinajstić information content (AvgIpc) is 2.16. The summed E-state index contributed by atoms with van der Waals surface area (Å²) >= 11 is 0. The molecule has 1 aromatic rings. The Bertz CT molecular complexity index is 304. The first kappa shape index (κ1) is 8.61. The van der Waals surface area contributed by atoms with Crippen LogP contribution < -0.4 is 4.90 Å². The molecule has 0 aromatic heterocycles. The number of nitrogens with zero attached hydrogens (tertiary/aromatic N) is 1. The maximum Gasteiger partial charge on any atom is 0.0398 e. The van der Waals surface area contributed by atoms with E-state index in [-0.39, 0.29) is 0 Å². The highest BCUT2D eigenvalue weighted by molar-refractivity contribution is 5.56. The lowest BCUT2D eigenvalue weighted by Crippen LogP contribution is -2.28. The topological polar surface area (TPSA) is 3.24 Å². The Morgan fingerprint density at radius 3 is 3.00 bits per heavy atom. The normalized spacial score (nSPS) is 15.7. The Labute approximate surface area is 80.4 Å². The lowest BCUT2D eigenvalue weighted by atomic mass is 10.00. The lowest BCUT2D eigenvalue weighted by Gasteiger charge is -2.30. The van der Waals surface area contributed by atoms with Crippen LogP contribution in [0.2, 0.25) is 0 Å². The molecule has 1 nitrogen and oxygen atoms in total. The second-order valence-corrected chi connectivity index (χ2v) is 3.82. The first-order valence-electron chi connectivity index (χ1n) is 5.15. The maximum atomic E-state index is 2.47. The number of benzene rings is 1. The van der Waals surface area contributed by atoms with Crippen LogP contribution in [0.3, 0.4) is 0 Å². The molecule has 1 heterocycles. The van der Waals surface area contributed by atoms with E-state index in [0.29, 0.717) is 0 Å². The molecule has 0 spiro atoms. The van der Waals surface area contributed by atoms with E-state index in [2.05, 4.69) is 36.9 Å². The molecule has 0 N–H and O–H groups in total. The zero-order chi connectivity index (χ0) is 9.26. The third-order valence-corrected chi connectivity index (χ3v) is 2.83. The number of anilines is 1. The standard InChI is InChI=1S/C12H17N/c1-3-13-8-4-5-11-9-10(2)6-7-12(11)13/h6-7,9H,3-5,8H2,1-2H3. The minimum atomic E-state index is 1.13. The molecule has 1 aliphatic rings. The van der Waals surface area contributed by atoms with Gasteiger partial charge in [0.1, 0.15) is 0 Å². The molecule has 1 aromatic carbocycles. The van der Waals surface area contributed by atoms with Crippen LogP contribution in [0.1, 0.15) is 24.5 Å². The summed E-state index contributed by atoms with van der Waals surface area (Å²) in [7, 11) is 0. The molecule has 0 atom stereocenters. The number of hydrogen-bond donors (Lipinski definition) is 0. The number of hydrogen-bond acceptors (Lipinski definition) is 1. The zero-order valence-corrected chi connectivity index (χ0v) is 8.51. The molecule has 0 aliphatic carbocycles. The van der Waals surface area contributed by atoms with E-state index in [0.717, 1.165) is 6.54 Å². The fourth-order valence-electron chi connectivity index (χ4n) is 2.13. The van der Waals surface area contributed by atoms with Crippen molar-refractivity contribution in [1.82, 2.24) is 0 Å². The Kier molecular flexibility index (Phi) is 2.26. The Morgan fingerprint density at radius 1 is 1.38 bits per heavy atom. The van der Waals surface area contributed by atoms with Gasteiger partial charge in [0.15, 0.2) is 0 Å². The van der Waals surface area contributed by atoms with E-state index >= 15 is 0 Å². The van der Waals surface area contributed by atoms with Gasteiger partial charge in [-0.05, 0) is 38.3 Å². The molecule has 2 rings (SSSR count). The van der Waals surface area contributed by atoms with Gasteiger partial charge >= 0.3 is 0 Å². The minimum absolute atomic E-state index is 1.13. The van der Waals surface area contributed by atoms with Crippen molar-refractivity contribution in [2.45, 2.75) is 26.7 Å². The van der Waals surface area contributed by atoms with Gasteiger partial charge in [0, 0.05) is 18.8 Å². The third-order valence-electron chi connectivity index (χ3n) is 2.83. The SMILES string of the molecule is CCN1CCCc2cc(C)ccc21. The molecule has 0 unspecified atom stereocenters. The van der Waals surface area contributed by atoms with Crippen LogP contribution in [-0.2, 0) is 6.42 Å². The summed E-state index contributed by atoms with van der Waals surface area (Å²) in [6.07, 6.45) is 2.57. The van der Waals surface area contributed by atoms with Gasteiger partial charge in [0.05, 0.1) is 0 Å². The molecule has 70 valence electrons. The second-order valence-electron chi connectivity index (χ2n) is 3.82.